The molecule has 0 saturated carbocycles. The van der Waals surface area contributed by atoms with Crippen molar-refractivity contribution in [2.24, 2.45) is 0 Å². The van der Waals surface area contributed by atoms with E-state index in [0.29, 0.717) is 25.6 Å². The fourth-order valence-corrected chi connectivity index (χ4v) is 2.63. The second-order valence-corrected chi connectivity index (χ2v) is 5.54. The molecule has 1 heterocycles. The second kappa shape index (κ2) is 6.56. The maximum Gasteiger partial charge on any atom is 0.184 e. The van der Waals surface area contributed by atoms with Crippen LogP contribution in [0.5, 0.6) is 5.75 Å². The highest BCUT2D eigenvalue weighted by atomic mass is 79.9. The van der Waals surface area contributed by atoms with Crippen LogP contribution in [0.3, 0.4) is 0 Å². The number of benzene rings is 2. The summed E-state index contributed by atoms with van der Waals surface area (Å²) < 4.78 is 30.5. The van der Waals surface area contributed by atoms with Crippen LogP contribution in [0.4, 0.5) is 4.39 Å². The van der Waals surface area contributed by atoms with Crippen LogP contribution in [0.25, 0.3) is 0 Å². The summed E-state index contributed by atoms with van der Waals surface area (Å²) in [6.45, 7) is 1.53. The van der Waals surface area contributed by atoms with E-state index in [1.54, 1.807) is 6.07 Å². The van der Waals surface area contributed by atoms with Gasteiger partial charge in [0.1, 0.15) is 18.2 Å². The van der Waals surface area contributed by atoms with Crippen molar-refractivity contribution in [2.75, 3.05) is 13.2 Å². The first kappa shape index (κ1) is 14.5. The van der Waals surface area contributed by atoms with Gasteiger partial charge in [-0.05, 0) is 45.8 Å². The molecule has 0 spiro atoms. The van der Waals surface area contributed by atoms with E-state index in [2.05, 4.69) is 15.9 Å². The van der Waals surface area contributed by atoms with E-state index >= 15 is 0 Å². The fourth-order valence-electron chi connectivity index (χ4n) is 2.12. The molecule has 21 heavy (non-hydrogen) atoms. The molecular formula is C16H14BrFO3. The van der Waals surface area contributed by atoms with E-state index in [1.807, 2.05) is 24.3 Å². The molecule has 1 fully saturated rings. The highest BCUT2D eigenvalue weighted by Gasteiger charge is 2.19. The molecule has 0 atom stereocenters. The maximum absolute atomic E-state index is 13.1. The molecular weight excluding hydrogens is 339 g/mol. The predicted octanol–water partition coefficient (Wildman–Crippen LogP) is 4.21. The van der Waals surface area contributed by atoms with E-state index in [0.717, 1.165) is 15.6 Å². The Morgan fingerprint density at radius 3 is 2.67 bits per heavy atom. The van der Waals surface area contributed by atoms with Crippen LogP contribution in [-0.2, 0) is 16.1 Å². The molecule has 3 nitrogen and oxygen atoms in total. The Balaban J connectivity index is 1.68. The van der Waals surface area contributed by atoms with Crippen molar-refractivity contribution in [3.8, 4) is 5.75 Å². The van der Waals surface area contributed by atoms with Gasteiger partial charge >= 0.3 is 0 Å². The zero-order valence-electron chi connectivity index (χ0n) is 11.2. The number of ether oxygens (including phenoxy) is 3. The highest BCUT2D eigenvalue weighted by molar-refractivity contribution is 9.10. The summed E-state index contributed by atoms with van der Waals surface area (Å²) in [4.78, 5) is 0. The number of hydrogen-bond donors (Lipinski definition) is 0. The van der Waals surface area contributed by atoms with Crippen LogP contribution in [-0.4, -0.2) is 13.2 Å². The zero-order valence-corrected chi connectivity index (χ0v) is 12.8. The summed E-state index contributed by atoms with van der Waals surface area (Å²) in [5, 5.41) is 0. The molecule has 0 N–H and O–H groups in total. The SMILES string of the molecule is Fc1cccc(COc2ccc(C3OCCO3)cc2Br)c1. The third kappa shape index (κ3) is 3.61. The molecule has 0 aliphatic carbocycles. The van der Waals surface area contributed by atoms with Crippen LogP contribution >= 0.6 is 15.9 Å². The van der Waals surface area contributed by atoms with E-state index in [4.69, 9.17) is 14.2 Å². The van der Waals surface area contributed by atoms with Gasteiger partial charge in [-0.15, -0.1) is 0 Å². The van der Waals surface area contributed by atoms with Gasteiger partial charge in [-0.1, -0.05) is 18.2 Å². The second-order valence-electron chi connectivity index (χ2n) is 4.68. The summed E-state index contributed by atoms with van der Waals surface area (Å²) in [6.07, 6.45) is -0.307. The van der Waals surface area contributed by atoms with E-state index < -0.39 is 0 Å². The summed E-state index contributed by atoms with van der Waals surface area (Å²) in [6, 6.07) is 12.0. The lowest BCUT2D eigenvalue weighted by Crippen LogP contribution is -2.00. The molecule has 1 aliphatic rings. The molecule has 0 bridgehead atoms. The Morgan fingerprint density at radius 1 is 1.14 bits per heavy atom. The van der Waals surface area contributed by atoms with E-state index in [9.17, 15) is 4.39 Å². The quantitative estimate of drug-likeness (QED) is 0.824. The molecule has 0 aromatic heterocycles. The first-order valence-electron chi connectivity index (χ1n) is 6.62. The summed E-state index contributed by atoms with van der Waals surface area (Å²) in [5.74, 6) is 0.432. The standard InChI is InChI=1S/C16H14BrFO3/c17-14-9-12(16-19-6-7-20-16)4-5-15(14)21-10-11-2-1-3-13(18)8-11/h1-5,8-9,16H,6-7,10H2. The van der Waals surface area contributed by atoms with E-state index in [-0.39, 0.29) is 12.1 Å². The Morgan fingerprint density at radius 2 is 1.95 bits per heavy atom. The zero-order chi connectivity index (χ0) is 14.7. The van der Waals surface area contributed by atoms with Crippen molar-refractivity contribution in [3.63, 3.8) is 0 Å². The van der Waals surface area contributed by atoms with Crippen molar-refractivity contribution in [3.05, 3.63) is 63.9 Å². The predicted molar refractivity (Wildman–Crippen MR) is 79.5 cm³/mol. The molecule has 0 amide bonds. The maximum atomic E-state index is 13.1. The van der Waals surface area contributed by atoms with Gasteiger partial charge in [-0.3, -0.25) is 0 Å². The van der Waals surface area contributed by atoms with Gasteiger partial charge in [-0.2, -0.15) is 0 Å². The molecule has 1 aliphatic heterocycles. The third-order valence-corrected chi connectivity index (χ3v) is 3.75. The Hall–Kier alpha value is -1.43. The molecule has 2 aromatic rings. The lowest BCUT2D eigenvalue weighted by atomic mass is 10.2. The van der Waals surface area contributed by atoms with Crippen molar-refractivity contribution in [2.45, 2.75) is 12.9 Å². The van der Waals surface area contributed by atoms with Crippen LogP contribution in [0.1, 0.15) is 17.4 Å². The molecule has 5 heteroatoms. The Kier molecular flexibility index (Phi) is 4.53. The van der Waals surface area contributed by atoms with Crippen LogP contribution in [0.2, 0.25) is 0 Å². The van der Waals surface area contributed by atoms with Gasteiger partial charge in [0.05, 0.1) is 17.7 Å². The Bertz CT molecular complexity index is 627. The first-order valence-corrected chi connectivity index (χ1v) is 7.41. The van der Waals surface area contributed by atoms with E-state index in [1.165, 1.54) is 12.1 Å². The van der Waals surface area contributed by atoms with Crippen molar-refractivity contribution in [1.29, 1.82) is 0 Å². The topological polar surface area (TPSA) is 27.7 Å². The molecule has 110 valence electrons. The number of rotatable bonds is 4. The van der Waals surface area contributed by atoms with Gasteiger partial charge in [-0.25, -0.2) is 4.39 Å². The molecule has 0 radical (unpaired) electrons. The highest BCUT2D eigenvalue weighted by Crippen LogP contribution is 2.31. The normalized spacial score (nSPS) is 15.3. The third-order valence-electron chi connectivity index (χ3n) is 3.13. The van der Waals surface area contributed by atoms with Crippen molar-refractivity contribution in [1.82, 2.24) is 0 Å². The first-order chi connectivity index (χ1) is 10.2. The molecule has 2 aromatic carbocycles. The Labute approximate surface area is 130 Å². The lowest BCUT2D eigenvalue weighted by molar-refractivity contribution is -0.0441. The minimum atomic E-state index is -0.307. The molecule has 0 unspecified atom stereocenters. The van der Waals surface area contributed by atoms with Gasteiger partial charge in [0, 0.05) is 5.56 Å². The average Bonchev–Trinajstić information content (AvgIpc) is 3.00. The lowest BCUT2D eigenvalue weighted by Gasteiger charge is -2.13. The largest absolute Gasteiger partial charge is 0.488 e. The van der Waals surface area contributed by atoms with Crippen LogP contribution in [0.15, 0.2) is 46.9 Å². The van der Waals surface area contributed by atoms with Crippen LogP contribution in [0, 0.1) is 5.82 Å². The molecule has 1 saturated heterocycles. The summed E-state index contributed by atoms with van der Waals surface area (Å²) >= 11 is 3.47. The van der Waals surface area contributed by atoms with Gasteiger partial charge in [0.25, 0.3) is 0 Å². The summed E-state index contributed by atoms with van der Waals surface area (Å²) in [7, 11) is 0. The minimum Gasteiger partial charge on any atom is -0.488 e. The van der Waals surface area contributed by atoms with Crippen molar-refractivity contribution >= 4 is 15.9 Å². The average molecular weight is 353 g/mol. The smallest absolute Gasteiger partial charge is 0.184 e. The van der Waals surface area contributed by atoms with Gasteiger partial charge in [0.2, 0.25) is 0 Å². The fraction of sp³-hybridized carbons (Fsp3) is 0.250. The van der Waals surface area contributed by atoms with Gasteiger partial charge < -0.3 is 14.2 Å². The number of hydrogen-bond acceptors (Lipinski definition) is 3. The van der Waals surface area contributed by atoms with Gasteiger partial charge in [0.15, 0.2) is 6.29 Å². The molecule has 3 rings (SSSR count). The number of halogens is 2. The summed E-state index contributed by atoms with van der Waals surface area (Å²) in [5.41, 5.74) is 1.73. The monoisotopic (exact) mass is 352 g/mol. The van der Waals surface area contributed by atoms with Crippen molar-refractivity contribution < 1.29 is 18.6 Å². The minimum absolute atomic E-state index is 0.263. The van der Waals surface area contributed by atoms with Crippen LogP contribution < -0.4 is 4.74 Å².